The third-order valence-electron chi connectivity index (χ3n) is 6.64. The third kappa shape index (κ3) is 2.97. The molecule has 5 nitrogen and oxygen atoms in total. The summed E-state index contributed by atoms with van der Waals surface area (Å²) in [7, 11) is 0. The fourth-order valence-corrected chi connectivity index (χ4v) is 5.09. The van der Waals surface area contributed by atoms with Gasteiger partial charge in [0, 0.05) is 5.39 Å². The minimum atomic E-state index is -0.874. The van der Waals surface area contributed by atoms with Crippen LogP contribution in [0.25, 0.3) is 10.8 Å². The Morgan fingerprint density at radius 1 is 0.727 bits per heavy atom. The molecule has 0 unspecified atom stereocenters. The fraction of sp³-hybridized carbons (Fsp3) is 0.143. The van der Waals surface area contributed by atoms with E-state index in [0.717, 1.165) is 27.6 Å². The van der Waals surface area contributed by atoms with E-state index in [1.54, 1.807) is 5.06 Å². The number of hydroxylamine groups is 1. The number of nitrogens with zero attached hydrogens (tertiary/aromatic N) is 2. The second-order valence-corrected chi connectivity index (χ2v) is 8.52. The summed E-state index contributed by atoms with van der Waals surface area (Å²) >= 11 is 0. The van der Waals surface area contributed by atoms with Gasteiger partial charge in [-0.3, -0.25) is 14.4 Å². The van der Waals surface area contributed by atoms with Crippen LogP contribution in [0.5, 0.6) is 0 Å². The number of amides is 2. The Morgan fingerprint density at radius 2 is 1.42 bits per heavy atom. The van der Waals surface area contributed by atoms with E-state index in [4.69, 9.17) is 4.84 Å². The first-order chi connectivity index (χ1) is 16.1. The Labute approximate surface area is 191 Å². The number of anilines is 2. The lowest BCUT2D eigenvalue weighted by atomic mass is 9.88. The zero-order chi connectivity index (χ0) is 22.5. The zero-order valence-electron chi connectivity index (χ0n) is 18.1. The first kappa shape index (κ1) is 19.7. The number of aryl methyl sites for hydroxylation is 1. The van der Waals surface area contributed by atoms with Crippen molar-refractivity contribution in [3.8, 4) is 0 Å². The monoisotopic (exact) mass is 434 g/mol. The maximum absolute atomic E-state index is 13.9. The quantitative estimate of drug-likeness (QED) is 0.416. The average molecular weight is 434 g/mol. The summed E-state index contributed by atoms with van der Waals surface area (Å²) in [5, 5.41) is 3.59. The predicted molar refractivity (Wildman–Crippen MR) is 128 cm³/mol. The summed E-state index contributed by atoms with van der Waals surface area (Å²) in [5.74, 6) is -1.19. The number of benzene rings is 4. The highest BCUT2D eigenvalue weighted by Gasteiger charge is 2.60. The Kier molecular flexibility index (Phi) is 4.52. The molecule has 0 aromatic heterocycles. The molecule has 6 rings (SSSR count). The van der Waals surface area contributed by atoms with Gasteiger partial charge >= 0.3 is 0 Å². The van der Waals surface area contributed by atoms with Crippen molar-refractivity contribution in [1.29, 1.82) is 0 Å². The maximum atomic E-state index is 13.9. The van der Waals surface area contributed by atoms with Crippen LogP contribution in [0.1, 0.15) is 17.2 Å². The smallest absolute Gasteiger partial charge is 0.266 e. The molecule has 0 saturated carbocycles. The van der Waals surface area contributed by atoms with Gasteiger partial charge in [0.25, 0.3) is 5.91 Å². The number of hydrogen-bond donors (Lipinski definition) is 0. The molecule has 2 aliphatic rings. The number of fused-ring (bicyclic) bond motifs is 2. The van der Waals surface area contributed by atoms with Crippen LogP contribution in [-0.4, -0.2) is 17.9 Å². The summed E-state index contributed by atoms with van der Waals surface area (Å²) in [6.07, 6.45) is -0.874. The van der Waals surface area contributed by atoms with Crippen LogP contribution in [-0.2, 0) is 14.4 Å². The lowest BCUT2D eigenvalue weighted by molar-refractivity contribution is -0.126. The van der Waals surface area contributed by atoms with Crippen molar-refractivity contribution in [2.75, 3.05) is 9.96 Å². The van der Waals surface area contributed by atoms with E-state index in [-0.39, 0.29) is 11.8 Å². The molecule has 2 amide bonds. The second-order valence-electron chi connectivity index (χ2n) is 8.52. The molecule has 0 aliphatic carbocycles. The molecule has 4 aromatic carbocycles. The highest BCUT2D eigenvalue weighted by atomic mass is 16.7. The van der Waals surface area contributed by atoms with Crippen LogP contribution in [0.15, 0.2) is 97.1 Å². The van der Waals surface area contributed by atoms with Crippen molar-refractivity contribution in [3.05, 3.63) is 108 Å². The minimum Gasteiger partial charge on any atom is -0.273 e. The van der Waals surface area contributed by atoms with Crippen LogP contribution in [0.2, 0.25) is 0 Å². The Balaban J connectivity index is 1.48. The molecule has 2 saturated heterocycles. The number of para-hydroxylation sites is 1. The maximum Gasteiger partial charge on any atom is 0.266 e. The molecule has 2 heterocycles. The van der Waals surface area contributed by atoms with Crippen molar-refractivity contribution in [1.82, 2.24) is 0 Å². The van der Waals surface area contributed by atoms with E-state index in [2.05, 4.69) is 0 Å². The first-order valence-electron chi connectivity index (χ1n) is 11.1. The second kappa shape index (κ2) is 7.57. The normalized spacial score (nSPS) is 22.3. The lowest BCUT2D eigenvalue weighted by Gasteiger charge is -2.29. The van der Waals surface area contributed by atoms with Crippen molar-refractivity contribution >= 4 is 34.0 Å². The molecule has 3 atom stereocenters. The summed E-state index contributed by atoms with van der Waals surface area (Å²) in [5.41, 5.74) is 3.46. The number of imide groups is 1. The van der Waals surface area contributed by atoms with Crippen LogP contribution < -0.4 is 9.96 Å². The standard InChI is InChI=1S/C28H22N2O3/c1-18-10-5-7-15-21(18)25-24-26(33-30(25)20-13-3-2-4-14-20)28(32)29(27(24)31)23-17-9-12-19-11-6-8-16-22(19)23/h2-17,24-26H,1H3/t24-,25-,26+/m0/s1. The van der Waals surface area contributed by atoms with Gasteiger partial charge < -0.3 is 0 Å². The number of carbonyl (C=O) groups excluding carboxylic acids is 2. The summed E-state index contributed by atoms with van der Waals surface area (Å²) in [4.78, 5) is 35.1. The average Bonchev–Trinajstić information content (AvgIpc) is 3.35. The van der Waals surface area contributed by atoms with Gasteiger partial charge in [-0.15, -0.1) is 0 Å². The Morgan fingerprint density at radius 3 is 2.24 bits per heavy atom. The fourth-order valence-electron chi connectivity index (χ4n) is 5.09. The molecular formula is C28H22N2O3. The summed E-state index contributed by atoms with van der Waals surface area (Å²) in [6, 6.07) is 30.7. The third-order valence-corrected chi connectivity index (χ3v) is 6.64. The van der Waals surface area contributed by atoms with Gasteiger partial charge in [0.2, 0.25) is 5.91 Å². The van der Waals surface area contributed by atoms with Crippen LogP contribution in [0.4, 0.5) is 11.4 Å². The largest absolute Gasteiger partial charge is 0.273 e. The predicted octanol–water partition coefficient (Wildman–Crippen LogP) is 5.20. The van der Waals surface area contributed by atoms with E-state index in [0.29, 0.717) is 5.69 Å². The van der Waals surface area contributed by atoms with Gasteiger partial charge in [-0.1, -0.05) is 78.9 Å². The topological polar surface area (TPSA) is 49.9 Å². The Bertz CT molecular complexity index is 1380. The molecule has 0 spiro atoms. The van der Waals surface area contributed by atoms with Crippen molar-refractivity contribution < 1.29 is 14.4 Å². The number of carbonyl (C=O) groups is 2. The highest BCUT2D eigenvalue weighted by Crippen LogP contribution is 2.48. The molecule has 33 heavy (non-hydrogen) atoms. The van der Waals surface area contributed by atoms with Crippen molar-refractivity contribution in [2.45, 2.75) is 19.1 Å². The van der Waals surface area contributed by atoms with E-state index < -0.39 is 18.1 Å². The van der Waals surface area contributed by atoms with E-state index in [1.807, 2.05) is 104 Å². The summed E-state index contributed by atoms with van der Waals surface area (Å²) in [6.45, 7) is 2.02. The first-order valence-corrected chi connectivity index (χ1v) is 11.1. The van der Waals surface area contributed by atoms with Crippen LogP contribution in [0, 0.1) is 12.8 Å². The zero-order valence-corrected chi connectivity index (χ0v) is 18.1. The van der Waals surface area contributed by atoms with Gasteiger partial charge in [-0.05, 0) is 41.6 Å². The van der Waals surface area contributed by atoms with E-state index in [9.17, 15) is 9.59 Å². The van der Waals surface area contributed by atoms with Gasteiger partial charge in [-0.25, -0.2) is 9.96 Å². The SMILES string of the molecule is Cc1ccccc1[C@H]1[C@@H]2C(=O)N(c3cccc4ccccc34)C(=O)[C@@H]2ON1c1ccccc1. The van der Waals surface area contributed by atoms with Crippen LogP contribution in [0.3, 0.4) is 0 Å². The molecule has 2 fully saturated rings. The molecule has 0 radical (unpaired) electrons. The van der Waals surface area contributed by atoms with Crippen molar-refractivity contribution in [3.63, 3.8) is 0 Å². The molecule has 162 valence electrons. The minimum absolute atomic E-state index is 0.229. The molecule has 2 aliphatic heterocycles. The molecule has 0 bridgehead atoms. The van der Waals surface area contributed by atoms with Crippen LogP contribution >= 0.6 is 0 Å². The molecule has 0 N–H and O–H groups in total. The highest BCUT2D eigenvalue weighted by molar-refractivity contribution is 6.26. The van der Waals surface area contributed by atoms with E-state index in [1.165, 1.54) is 4.90 Å². The summed E-state index contributed by atoms with van der Waals surface area (Å²) < 4.78 is 0. The molecule has 5 heteroatoms. The molecule has 4 aromatic rings. The van der Waals surface area contributed by atoms with Gasteiger partial charge in [0.05, 0.1) is 17.4 Å². The van der Waals surface area contributed by atoms with Gasteiger partial charge in [0.15, 0.2) is 6.10 Å². The van der Waals surface area contributed by atoms with E-state index >= 15 is 0 Å². The van der Waals surface area contributed by atoms with Crippen molar-refractivity contribution in [2.24, 2.45) is 5.92 Å². The molecular weight excluding hydrogens is 412 g/mol. The van der Waals surface area contributed by atoms with Gasteiger partial charge in [-0.2, -0.15) is 0 Å². The number of rotatable bonds is 3. The van der Waals surface area contributed by atoms with Gasteiger partial charge in [0.1, 0.15) is 5.92 Å². The number of hydrogen-bond acceptors (Lipinski definition) is 4. The Hall–Kier alpha value is -3.96. The lowest BCUT2D eigenvalue weighted by Crippen LogP contribution is -2.37.